The number of hydrogen-bond donors (Lipinski definition) is 0. The molecule has 128 valence electrons. The van der Waals surface area contributed by atoms with E-state index in [-0.39, 0.29) is 11.4 Å². The first-order valence-corrected chi connectivity index (χ1v) is 10.6. The van der Waals surface area contributed by atoms with E-state index in [9.17, 15) is 9.36 Å². The number of carbonyl (C=O) groups is 1. The summed E-state index contributed by atoms with van der Waals surface area (Å²) in [6.45, 7) is 9.95. The van der Waals surface area contributed by atoms with Crippen molar-refractivity contribution in [2.75, 3.05) is 6.16 Å². The summed E-state index contributed by atoms with van der Waals surface area (Å²) < 4.78 is 13.7. The second-order valence-corrected chi connectivity index (χ2v) is 10.1. The van der Waals surface area contributed by atoms with E-state index in [2.05, 4.69) is 0 Å². The van der Waals surface area contributed by atoms with Gasteiger partial charge in [0.15, 0.2) is 7.14 Å². The molecule has 0 amide bonds. The summed E-state index contributed by atoms with van der Waals surface area (Å²) in [5, 5.41) is 0. The van der Waals surface area contributed by atoms with E-state index in [0.29, 0.717) is 17.9 Å². The molecule has 2 nitrogen and oxygen atoms in total. The SMILES string of the molecule is Cc1cc(C)c(C(=O)P(=O)(Cc2ccccc2)CC(C)C)c(C)c1. The maximum Gasteiger partial charge on any atom is 0.222 e. The predicted molar refractivity (Wildman–Crippen MR) is 102 cm³/mol. The molecule has 0 spiro atoms. The Hall–Kier alpha value is -1.66. The topological polar surface area (TPSA) is 34.1 Å². The molecule has 0 aliphatic heterocycles. The summed E-state index contributed by atoms with van der Waals surface area (Å²) in [5.74, 6) is 0.217. The predicted octanol–water partition coefficient (Wildman–Crippen LogP) is 5.97. The molecule has 0 N–H and O–H groups in total. The molecular weight excluding hydrogens is 315 g/mol. The highest BCUT2D eigenvalue weighted by Gasteiger charge is 2.35. The zero-order valence-electron chi connectivity index (χ0n) is 15.3. The summed E-state index contributed by atoms with van der Waals surface area (Å²) >= 11 is 0. The van der Waals surface area contributed by atoms with Crippen molar-refractivity contribution in [3.8, 4) is 0 Å². The standard InChI is InChI=1S/C21H27O2P/c1-15(2)13-24(23,14-19-9-7-6-8-10-19)21(22)20-17(4)11-16(3)12-18(20)5/h6-12,15H,13-14H2,1-5H3. The van der Waals surface area contributed by atoms with E-state index in [4.69, 9.17) is 0 Å². The van der Waals surface area contributed by atoms with Gasteiger partial charge in [-0.3, -0.25) is 4.79 Å². The molecule has 3 heteroatoms. The number of hydrogen-bond acceptors (Lipinski definition) is 2. The number of aryl methyl sites for hydroxylation is 3. The minimum Gasteiger partial charge on any atom is -0.315 e. The first-order valence-electron chi connectivity index (χ1n) is 8.47. The Morgan fingerprint density at radius 1 is 1.00 bits per heavy atom. The van der Waals surface area contributed by atoms with E-state index < -0.39 is 7.14 Å². The van der Waals surface area contributed by atoms with Gasteiger partial charge in [-0.1, -0.05) is 61.9 Å². The Kier molecular flexibility index (Phi) is 5.83. The van der Waals surface area contributed by atoms with Crippen LogP contribution in [0.3, 0.4) is 0 Å². The van der Waals surface area contributed by atoms with E-state index >= 15 is 0 Å². The molecule has 0 bridgehead atoms. The lowest BCUT2D eigenvalue weighted by Gasteiger charge is -2.21. The largest absolute Gasteiger partial charge is 0.315 e. The molecule has 0 radical (unpaired) electrons. The molecule has 1 atom stereocenters. The fourth-order valence-electron chi connectivity index (χ4n) is 3.41. The molecule has 0 aliphatic carbocycles. The lowest BCUT2D eigenvalue weighted by Crippen LogP contribution is -2.13. The fourth-order valence-corrected chi connectivity index (χ4v) is 6.59. The van der Waals surface area contributed by atoms with Gasteiger partial charge in [0.1, 0.15) is 0 Å². The molecule has 0 aromatic heterocycles. The molecule has 1 unspecified atom stereocenters. The van der Waals surface area contributed by atoms with Crippen LogP contribution in [0.4, 0.5) is 0 Å². The van der Waals surface area contributed by atoms with Crippen LogP contribution in [0.5, 0.6) is 0 Å². The van der Waals surface area contributed by atoms with Crippen molar-refractivity contribution >= 4 is 12.7 Å². The van der Waals surface area contributed by atoms with Crippen molar-refractivity contribution in [1.82, 2.24) is 0 Å². The van der Waals surface area contributed by atoms with Gasteiger partial charge in [0, 0.05) is 17.9 Å². The normalized spacial score (nSPS) is 13.8. The van der Waals surface area contributed by atoms with Crippen LogP contribution in [-0.2, 0) is 10.7 Å². The quantitative estimate of drug-likeness (QED) is 0.606. The number of benzene rings is 2. The molecule has 2 aromatic carbocycles. The summed E-state index contributed by atoms with van der Waals surface area (Å²) in [5.41, 5.74) is 4.44. The van der Waals surface area contributed by atoms with Crippen LogP contribution in [0.1, 0.15) is 46.5 Å². The number of carbonyl (C=O) groups excluding carboxylic acids is 1. The zero-order chi connectivity index (χ0) is 17.9. The average Bonchev–Trinajstić information content (AvgIpc) is 2.46. The van der Waals surface area contributed by atoms with E-state index in [1.54, 1.807) is 0 Å². The first kappa shape index (κ1) is 18.7. The Bertz CT molecular complexity index is 753. The van der Waals surface area contributed by atoms with Crippen molar-refractivity contribution < 1.29 is 9.36 Å². The van der Waals surface area contributed by atoms with Gasteiger partial charge in [0.2, 0.25) is 5.52 Å². The van der Waals surface area contributed by atoms with E-state index in [1.807, 2.05) is 77.1 Å². The van der Waals surface area contributed by atoms with Crippen LogP contribution < -0.4 is 0 Å². The van der Waals surface area contributed by atoms with Crippen LogP contribution in [0, 0.1) is 26.7 Å². The smallest absolute Gasteiger partial charge is 0.222 e. The first-order chi connectivity index (χ1) is 11.2. The third-order valence-electron chi connectivity index (χ3n) is 4.20. The molecule has 0 saturated heterocycles. The Balaban J connectivity index is 2.48. The average molecular weight is 342 g/mol. The van der Waals surface area contributed by atoms with Crippen molar-refractivity contribution in [3.63, 3.8) is 0 Å². The summed E-state index contributed by atoms with van der Waals surface area (Å²) in [4.78, 5) is 13.3. The van der Waals surface area contributed by atoms with Crippen molar-refractivity contribution in [2.45, 2.75) is 40.8 Å². The summed E-state index contributed by atoms with van der Waals surface area (Å²) in [6, 6.07) is 13.7. The van der Waals surface area contributed by atoms with Crippen LogP contribution in [0.15, 0.2) is 42.5 Å². The lowest BCUT2D eigenvalue weighted by molar-refractivity contribution is 0.107. The monoisotopic (exact) mass is 342 g/mol. The molecule has 0 heterocycles. The van der Waals surface area contributed by atoms with Gasteiger partial charge in [-0.05, 0) is 43.4 Å². The summed E-state index contributed by atoms with van der Waals surface area (Å²) in [6.07, 6.45) is 0.797. The third kappa shape index (κ3) is 4.24. The van der Waals surface area contributed by atoms with Gasteiger partial charge in [0.25, 0.3) is 0 Å². The van der Waals surface area contributed by atoms with Gasteiger partial charge in [0.05, 0.1) is 0 Å². The minimum atomic E-state index is -3.02. The van der Waals surface area contributed by atoms with Gasteiger partial charge < -0.3 is 4.57 Å². The second kappa shape index (κ2) is 7.49. The van der Waals surface area contributed by atoms with Crippen molar-refractivity contribution in [1.29, 1.82) is 0 Å². The van der Waals surface area contributed by atoms with Crippen LogP contribution in [-0.4, -0.2) is 11.7 Å². The maximum absolute atomic E-state index is 13.7. The lowest BCUT2D eigenvalue weighted by atomic mass is 10.0. The highest BCUT2D eigenvalue weighted by molar-refractivity contribution is 7.80. The van der Waals surface area contributed by atoms with Crippen LogP contribution in [0.2, 0.25) is 0 Å². The zero-order valence-corrected chi connectivity index (χ0v) is 16.2. The number of rotatable bonds is 6. The Labute approximate surface area is 145 Å². The van der Waals surface area contributed by atoms with Crippen molar-refractivity contribution in [3.05, 3.63) is 70.3 Å². The van der Waals surface area contributed by atoms with E-state index in [0.717, 1.165) is 22.3 Å². The van der Waals surface area contributed by atoms with Crippen LogP contribution in [0.25, 0.3) is 0 Å². The minimum absolute atomic E-state index is 0.157. The molecule has 0 aliphatic rings. The molecule has 24 heavy (non-hydrogen) atoms. The molecular formula is C21H27O2P. The molecule has 2 aromatic rings. The molecule has 0 saturated carbocycles. The Morgan fingerprint density at radius 2 is 1.54 bits per heavy atom. The molecule has 0 fully saturated rings. The second-order valence-electron chi connectivity index (χ2n) is 7.19. The van der Waals surface area contributed by atoms with Crippen molar-refractivity contribution in [2.24, 2.45) is 5.92 Å². The third-order valence-corrected chi connectivity index (χ3v) is 7.36. The fraction of sp³-hybridized carbons (Fsp3) is 0.381. The highest BCUT2D eigenvalue weighted by atomic mass is 31.2. The Morgan fingerprint density at radius 3 is 2.04 bits per heavy atom. The van der Waals surface area contributed by atoms with E-state index in [1.165, 1.54) is 0 Å². The molecule has 2 rings (SSSR count). The van der Waals surface area contributed by atoms with Crippen LogP contribution >= 0.6 is 7.14 Å². The van der Waals surface area contributed by atoms with Gasteiger partial charge in [-0.2, -0.15) is 0 Å². The van der Waals surface area contributed by atoms with Gasteiger partial charge >= 0.3 is 0 Å². The maximum atomic E-state index is 13.7. The van der Waals surface area contributed by atoms with Gasteiger partial charge in [-0.25, -0.2) is 0 Å². The summed E-state index contributed by atoms with van der Waals surface area (Å²) in [7, 11) is -3.02. The highest BCUT2D eigenvalue weighted by Crippen LogP contribution is 2.54. The van der Waals surface area contributed by atoms with Gasteiger partial charge in [-0.15, -0.1) is 0 Å².